The van der Waals surface area contributed by atoms with Gasteiger partial charge >= 0.3 is 6.09 Å². The molecule has 6 heteroatoms. The number of rotatable bonds is 9. The Kier molecular flexibility index (Phi) is 6.83. The van der Waals surface area contributed by atoms with Gasteiger partial charge in [-0.3, -0.25) is 4.90 Å². The molecule has 1 aromatic carbocycles. The van der Waals surface area contributed by atoms with Gasteiger partial charge in [0.2, 0.25) is 0 Å². The van der Waals surface area contributed by atoms with Crippen molar-refractivity contribution in [2.45, 2.75) is 57.6 Å². The number of nitrogens with zero attached hydrogens (tertiary/aromatic N) is 1. The van der Waals surface area contributed by atoms with Crippen LogP contribution in [0.1, 0.15) is 51.0 Å². The molecular weight excluding hydrogens is 356 g/mol. The summed E-state index contributed by atoms with van der Waals surface area (Å²) >= 11 is 0. The van der Waals surface area contributed by atoms with E-state index in [-0.39, 0.29) is 11.5 Å². The first-order valence-corrected chi connectivity index (χ1v) is 10.4. The minimum Gasteiger partial charge on any atom is -0.497 e. The van der Waals surface area contributed by atoms with E-state index in [4.69, 9.17) is 19.9 Å². The van der Waals surface area contributed by atoms with E-state index in [9.17, 15) is 4.79 Å². The van der Waals surface area contributed by atoms with Crippen LogP contribution in [0, 0.1) is 5.41 Å². The van der Waals surface area contributed by atoms with E-state index in [1.165, 1.54) is 0 Å². The Bertz CT molecular complexity index is 650. The molecule has 2 N–H and O–H groups in total. The number of unbranched alkanes of at least 4 members (excludes halogenated alkanes) is 1. The van der Waals surface area contributed by atoms with E-state index in [2.05, 4.69) is 6.92 Å². The molecule has 0 bridgehead atoms. The number of hydrogen-bond donors (Lipinski definition) is 1. The van der Waals surface area contributed by atoms with Crippen LogP contribution in [-0.2, 0) is 16.0 Å². The zero-order valence-corrected chi connectivity index (χ0v) is 17.2. The van der Waals surface area contributed by atoms with E-state index >= 15 is 0 Å². The third-order valence-corrected chi connectivity index (χ3v) is 6.09. The van der Waals surface area contributed by atoms with Crippen LogP contribution in [0.25, 0.3) is 0 Å². The van der Waals surface area contributed by atoms with Crippen LogP contribution in [-0.4, -0.2) is 50.0 Å². The standard InChI is InChI=1S/C22H34N2O4/c1-3-4-12-27-17-21(15-23)10-5-11-22(14-21)16-24(20(25)28-22)13-18-6-8-19(26-2)9-7-18/h6-9H,3-5,10-17,23H2,1-2H3. The molecule has 0 aromatic heterocycles. The van der Waals surface area contributed by atoms with Gasteiger partial charge in [-0.2, -0.15) is 0 Å². The molecule has 2 atom stereocenters. The second kappa shape index (κ2) is 9.14. The van der Waals surface area contributed by atoms with Crippen molar-refractivity contribution in [1.29, 1.82) is 0 Å². The summed E-state index contributed by atoms with van der Waals surface area (Å²) in [5.74, 6) is 0.812. The predicted molar refractivity (Wildman–Crippen MR) is 108 cm³/mol. The maximum Gasteiger partial charge on any atom is 0.410 e. The largest absolute Gasteiger partial charge is 0.497 e. The summed E-state index contributed by atoms with van der Waals surface area (Å²) in [7, 11) is 1.65. The highest BCUT2D eigenvalue weighted by molar-refractivity contribution is 5.70. The van der Waals surface area contributed by atoms with Crippen molar-refractivity contribution < 1.29 is 19.0 Å². The number of carbonyl (C=O) groups is 1. The number of nitrogens with two attached hydrogens (primary N) is 1. The zero-order valence-electron chi connectivity index (χ0n) is 17.2. The van der Waals surface area contributed by atoms with Crippen molar-refractivity contribution in [3.05, 3.63) is 29.8 Å². The van der Waals surface area contributed by atoms with Gasteiger partial charge in [-0.15, -0.1) is 0 Å². The van der Waals surface area contributed by atoms with E-state index in [0.29, 0.717) is 26.2 Å². The molecule has 1 heterocycles. The topological polar surface area (TPSA) is 74.0 Å². The van der Waals surface area contributed by atoms with Gasteiger partial charge in [-0.25, -0.2) is 4.79 Å². The highest BCUT2D eigenvalue weighted by atomic mass is 16.6. The van der Waals surface area contributed by atoms with Crippen LogP contribution >= 0.6 is 0 Å². The molecular formula is C22H34N2O4. The van der Waals surface area contributed by atoms with Crippen LogP contribution in [0.3, 0.4) is 0 Å². The highest BCUT2D eigenvalue weighted by Gasteiger charge is 2.52. The molecule has 0 radical (unpaired) electrons. The van der Waals surface area contributed by atoms with E-state index < -0.39 is 5.60 Å². The normalized spacial score (nSPS) is 27.2. The Morgan fingerprint density at radius 3 is 2.71 bits per heavy atom. The summed E-state index contributed by atoms with van der Waals surface area (Å²) in [5, 5.41) is 0. The summed E-state index contributed by atoms with van der Waals surface area (Å²) in [6, 6.07) is 7.81. The van der Waals surface area contributed by atoms with Gasteiger partial charge < -0.3 is 19.9 Å². The Morgan fingerprint density at radius 1 is 1.25 bits per heavy atom. The Labute approximate surface area is 168 Å². The minimum atomic E-state index is -0.435. The first kappa shape index (κ1) is 20.9. The van der Waals surface area contributed by atoms with Gasteiger partial charge in [0.1, 0.15) is 11.4 Å². The Balaban J connectivity index is 1.63. The first-order chi connectivity index (χ1) is 13.5. The molecule has 2 fully saturated rings. The van der Waals surface area contributed by atoms with Gasteiger partial charge in [-0.1, -0.05) is 25.5 Å². The van der Waals surface area contributed by atoms with Gasteiger partial charge in [0.05, 0.1) is 20.3 Å². The maximum absolute atomic E-state index is 12.6. The number of carbonyl (C=O) groups excluding carboxylic acids is 1. The molecule has 1 amide bonds. The van der Waals surface area contributed by atoms with Crippen LogP contribution in [0.5, 0.6) is 5.75 Å². The average molecular weight is 391 g/mol. The van der Waals surface area contributed by atoms with Gasteiger partial charge in [0.15, 0.2) is 0 Å². The molecule has 1 spiro atoms. The van der Waals surface area contributed by atoms with Crippen LogP contribution in [0.15, 0.2) is 24.3 Å². The van der Waals surface area contributed by atoms with Crippen molar-refractivity contribution in [2.75, 3.05) is 33.4 Å². The molecule has 1 saturated heterocycles. The smallest absolute Gasteiger partial charge is 0.410 e. The molecule has 6 nitrogen and oxygen atoms in total. The quantitative estimate of drug-likeness (QED) is 0.651. The third kappa shape index (κ3) is 4.78. The van der Waals surface area contributed by atoms with Crippen LogP contribution in [0.2, 0.25) is 0 Å². The van der Waals surface area contributed by atoms with Crippen molar-refractivity contribution >= 4 is 6.09 Å². The molecule has 2 unspecified atom stereocenters. The lowest BCUT2D eigenvalue weighted by atomic mass is 9.67. The lowest BCUT2D eigenvalue weighted by Crippen LogP contribution is -2.49. The van der Waals surface area contributed by atoms with Gasteiger partial charge in [0.25, 0.3) is 0 Å². The maximum atomic E-state index is 12.6. The number of methoxy groups -OCH3 is 1. The second-order valence-electron chi connectivity index (χ2n) is 8.40. The molecule has 1 aromatic rings. The van der Waals surface area contributed by atoms with Gasteiger partial charge in [-0.05, 0) is 49.8 Å². The van der Waals surface area contributed by atoms with Crippen molar-refractivity contribution in [2.24, 2.45) is 11.1 Å². The SMILES string of the molecule is CCCCOCC1(CN)CCCC2(CN(Cc3ccc(OC)cc3)C(=O)O2)C1. The predicted octanol–water partition coefficient (Wildman–Crippen LogP) is 3.72. The monoisotopic (exact) mass is 390 g/mol. The second-order valence-corrected chi connectivity index (χ2v) is 8.40. The highest BCUT2D eigenvalue weighted by Crippen LogP contribution is 2.46. The third-order valence-electron chi connectivity index (χ3n) is 6.09. The summed E-state index contributed by atoms with van der Waals surface area (Å²) in [6.07, 6.45) is 5.69. The Hall–Kier alpha value is -1.79. The van der Waals surface area contributed by atoms with E-state index in [1.807, 2.05) is 29.2 Å². The molecule has 2 aliphatic rings. The molecule has 1 aliphatic carbocycles. The number of benzene rings is 1. The fourth-order valence-electron chi connectivity index (χ4n) is 4.53. The molecule has 156 valence electrons. The van der Waals surface area contributed by atoms with Crippen LogP contribution in [0.4, 0.5) is 4.79 Å². The fourth-order valence-corrected chi connectivity index (χ4v) is 4.53. The minimum absolute atomic E-state index is 0.0948. The number of hydrogen-bond acceptors (Lipinski definition) is 5. The zero-order chi connectivity index (χ0) is 20.0. The lowest BCUT2D eigenvalue weighted by Gasteiger charge is -2.44. The fraction of sp³-hybridized carbons (Fsp3) is 0.682. The summed E-state index contributed by atoms with van der Waals surface area (Å²) < 4.78 is 17.1. The number of amides is 1. The van der Waals surface area contributed by atoms with Crippen molar-refractivity contribution in [1.82, 2.24) is 4.90 Å². The summed E-state index contributed by atoms with van der Waals surface area (Å²) in [6.45, 7) is 5.32. The van der Waals surface area contributed by atoms with Crippen LogP contribution < -0.4 is 10.5 Å². The van der Waals surface area contributed by atoms with E-state index in [0.717, 1.165) is 56.4 Å². The molecule has 1 aliphatic heterocycles. The molecule has 28 heavy (non-hydrogen) atoms. The van der Waals surface area contributed by atoms with E-state index in [1.54, 1.807) is 7.11 Å². The van der Waals surface area contributed by atoms with Gasteiger partial charge in [0, 0.05) is 25.1 Å². The lowest BCUT2D eigenvalue weighted by molar-refractivity contribution is -0.0598. The van der Waals surface area contributed by atoms with Crippen molar-refractivity contribution in [3.63, 3.8) is 0 Å². The first-order valence-electron chi connectivity index (χ1n) is 10.4. The Morgan fingerprint density at radius 2 is 2.04 bits per heavy atom. The summed E-state index contributed by atoms with van der Waals surface area (Å²) in [4.78, 5) is 14.4. The average Bonchev–Trinajstić information content (AvgIpc) is 3.00. The number of ether oxygens (including phenoxy) is 3. The summed E-state index contributed by atoms with van der Waals surface area (Å²) in [5.41, 5.74) is 6.72. The van der Waals surface area contributed by atoms with Crippen molar-refractivity contribution in [3.8, 4) is 5.75 Å². The molecule has 1 saturated carbocycles. The molecule has 3 rings (SSSR count).